The van der Waals surface area contributed by atoms with Crippen LogP contribution in [0.4, 0.5) is 10.5 Å². The van der Waals surface area contributed by atoms with Gasteiger partial charge in [-0.05, 0) is 36.4 Å². The average Bonchev–Trinajstić information content (AvgIpc) is 2.50. The first kappa shape index (κ1) is 14.9. The molecule has 0 saturated carbocycles. The predicted molar refractivity (Wildman–Crippen MR) is 75.9 cm³/mol. The Morgan fingerprint density at radius 2 is 1.82 bits per heavy atom. The van der Waals surface area contributed by atoms with Crippen LogP contribution in [0.25, 0.3) is 0 Å². The lowest BCUT2D eigenvalue weighted by Gasteiger charge is -2.09. The van der Waals surface area contributed by atoms with E-state index in [-0.39, 0.29) is 17.0 Å². The number of nitrogens with one attached hydrogen (secondary N) is 1. The molecule has 2 rings (SSSR count). The fourth-order valence-electron chi connectivity index (χ4n) is 1.66. The molecule has 0 aliphatic carbocycles. The number of rotatable bonds is 3. The Kier molecular flexibility index (Phi) is 4.24. The van der Waals surface area contributed by atoms with E-state index in [1.165, 1.54) is 42.5 Å². The number of carbonyl (C=O) groups excluding carboxylic acids is 1. The van der Waals surface area contributed by atoms with Crippen LogP contribution in [0, 0.1) is 11.3 Å². The molecule has 22 heavy (non-hydrogen) atoms. The molecule has 0 aliphatic heterocycles. The molecule has 0 atom stereocenters. The summed E-state index contributed by atoms with van der Waals surface area (Å²) < 4.78 is 4.96. The number of aromatic carboxylic acids is 1. The maximum atomic E-state index is 11.7. The number of ether oxygens (including phenoxy) is 1. The zero-order valence-corrected chi connectivity index (χ0v) is 11.1. The highest BCUT2D eigenvalue weighted by Crippen LogP contribution is 2.27. The third-order valence-electron chi connectivity index (χ3n) is 2.70. The maximum Gasteiger partial charge on any atom is 0.417 e. The maximum absolute atomic E-state index is 11.7. The van der Waals surface area contributed by atoms with E-state index in [0.29, 0.717) is 5.56 Å². The Labute approximate surface area is 125 Å². The Morgan fingerprint density at radius 3 is 2.41 bits per heavy atom. The topological polar surface area (TPSA) is 120 Å². The van der Waals surface area contributed by atoms with Crippen molar-refractivity contribution in [3.8, 4) is 17.6 Å². The van der Waals surface area contributed by atoms with E-state index < -0.39 is 17.8 Å². The van der Waals surface area contributed by atoms with Crippen molar-refractivity contribution in [3.05, 3.63) is 53.6 Å². The van der Waals surface area contributed by atoms with Crippen LogP contribution in [0.15, 0.2) is 42.5 Å². The zero-order valence-electron chi connectivity index (χ0n) is 11.1. The minimum atomic E-state index is -1.32. The molecule has 1 amide bonds. The molecule has 110 valence electrons. The molecular formula is C15H10N2O5. The van der Waals surface area contributed by atoms with Crippen LogP contribution in [0.5, 0.6) is 11.5 Å². The Hall–Kier alpha value is -3.53. The summed E-state index contributed by atoms with van der Waals surface area (Å²) in [6.07, 6.45) is -0.900. The minimum Gasteiger partial charge on any atom is -0.505 e. The zero-order chi connectivity index (χ0) is 16.1. The molecule has 0 aromatic heterocycles. The summed E-state index contributed by atoms with van der Waals surface area (Å²) in [7, 11) is 0. The number of carbonyl (C=O) groups is 2. The van der Waals surface area contributed by atoms with Crippen LogP contribution in [-0.2, 0) is 0 Å². The fraction of sp³-hybridized carbons (Fsp3) is 0. The van der Waals surface area contributed by atoms with Crippen molar-refractivity contribution in [1.29, 1.82) is 5.26 Å². The summed E-state index contributed by atoms with van der Waals surface area (Å²) in [6, 6.07) is 11.7. The van der Waals surface area contributed by atoms with Crippen molar-refractivity contribution in [1.82, 2.24) is 0 Å². The van der Waals surface area contributed by atoms with Gasteiger partial charge < -0.3 is 14.9 Å². The number of benzene rings is 2. The minimum absolute atomic E-state index is 0.0847. The second-order valence-electron chi connectivity index (χ2n) is 4.16. The predicted octanol–water partition coefficient (Wildman–Crippen LogP) is 2.57. The van der Waals surface area contributed by atoms with E-state index in [0.717, 1.165) is 0 Å². The third-order valence-corrected chi connectivity index (χ3v) is 2.70. The summed E-state index contributed by atoms with van der Waals surface area (Å²) >= 11 is 0. The van der Waals surface area contributed by atoms with Crippen LogP contribution in [0.2, 0.25) is 0 Å². The lowest BCUT2D eigenvalue weighted by molar-refractivity contribution is 0.0693. The van der Waals surface area contributed by atoms with Crippen LogP contribution >= 0.6 is 0 Å². The van der Waals surface area contributed by atoms with Gasteiger partial charge in [-0.2, -0.15) is 5.26 Å². The van der Waals surface area contributed by atoms with Gasteiger partial charge in [-0.15, -0.1) is 0 Å². The van der Waals surface area contributed by atoms with Gasteiger partial charge in [-0.1, -0.05) is 6.07 Å². The highest BCUT2D eigenvalue weighted by atomic mass is 16.6. The Bertz CT molecular complexity index is 762. The number of para-hydroxylation sites is 1. The van der Waals surface area contributed by atoms with E-state index in [4.69, 9.17) is 15.1 Å². The standard InChI is InChI=1S/C15H10N2O5/c16-8-9-4-6-10(7-5-9)22-15(21)17-12-3-1-2-11(13(12)18)14(19)20/h1-7,18H,(H,17,21)(H,19,20). The number of hydrogen-bond donors (Lipinski definition) is 3. The van der Waals surface area contributed by atoms with Crippen LogP contribution in [-0.4, -0.2) is 22.3 Å². The first-order valence-corrected chi connectivity index (χ1v) is 6.05. The molecule has 0 saturated heterocycles. The molecule has 0 fully saturated rings. The van der Waals surface area contributed by atoms with Gasteiger partial charge in [0.15, 0.2) is 5.75 Å². The largest absolute Gasteiger partial charge is 0.505 e. The van der Waals surface area contributed by atoms with Gasteiger partial charge in [0.2, 0.25) is 0 Å². The van der Waals surface area contributed by atoms with Gasteiger partial charge in [0.05, 0.1) is 17.3 Å². The number of nitrogens with zero attached hydrogens (tertiary/aromatic N) is 1. The molecule has 0 radical (unpaired) electrons. The van der Waals surface area contributed by atoms with Gasteiger partial charge in [-0.25, -0.2) is 9.59 Å². The number of carboxylic acid groups (broad SMARTS) is 1. The van der Waals surface area contributed by atoms with Crippen molar-refractivity contribution in [2.75, 3.05) is 5.32 Å². The molecule has 0 unspecified atom stereocenters. The smallest absolute Gasteiger partial charge is 0.417 e. The van der Waals surface area contributed by atoms with Crippen molar-refractivity contribution >= 4 is 17.7 Å². The van der Waals surface area contributed by atoms with Gasteiger partial charge in [0, 0.05) is 0 Å². The molecule has 3 N–H and O–H groups in total. The van der Waals surface area contributed by atoms with Crippen molar-refractivity contribution in [2.24, 2.45) is 0 Å². The number of nitriles is 1. The fourth-order valence-corrected chi connectivity index (χ4v) is 1.66. The van der Waals surface area contributed by atoms with E-state index in [1.807, 2.05) is 6.07 Å². The Morgan fingerprint density at radius 1 is 1.14 bits per heavy atom. The highest BCUT2D eigenvalue weighted by molar-refractivity contribution is 5.96. The molecule has 0 bridgehead atoms. The monoisotopic (exact) mass is 298 g/mol. The van der Waals surface area contributed by atoms with Crippen LogP contribution < -0.4 is 10.1 Å². The van der Waals surface area contributed by atoms with E-state index in [9.17, 15) is 14.7 Å². The first-order valence-electron chi connectivity index (χ1n) is 6.05. The van der Waals surface area contributed by atoms with E-state index in [1.54, 1.807) is 0 Å². The van der Waals surface area contributed by atoms with Gasteiger partial charge in [-0.3, -0.25) is 5.32 Å². The van der Waals surface area contributed by atoms with Crippen molar-refractivity contribution < 1.29 is 24.5 Å². The summed E-state index contributed by atoms with van der Waals surface area (Å²) in [4.78, 5) is 22.6. The average molecular weight is 298 g/mol. The van der Waals surface area contributed by atoms with E-state index >= 15 is 0 Å². The summed E-state index contributed by atoms with van der Waals surface area (Å²) in [6.45, 7) is 0. The Balaban J connectivity index is 2.10. The molecule has 0 aliphatic rings. The lowest BCUT2D eigenvalue weighted by Crippen LogP contribution is -2.17. The van der Waals surface area contributed by atoms with Crippen LogP contribution in [0.3, 0.4) is 0 Å². The quantitative estimate of drug-likeness (QED) is 0.749. The highest BCUT2D eigenvalue weighted by Gasteiger charge is 2.15. The number of hydrogen-bond acceptors (Lipinski definition) is 5. The number of aromatic hydroxyl groups is 1. The molecular weight excluding hydrogens is 288 g/mol. The summed E-state index contributed by atoms with van der Waals surface area (Å²) in [5.41, 5.74) is -0.00530. The number of anilines is 1. The van der Waals surface area contributed by atoms with E-state index in [2.05, 4.69) is 5.32 Å². The second kappa shape index (κ2) is 6.28. The number of carboxylic acids is 1. The number of phenols is 1. The van der Waals surface area contributed by atoms with Gasteiger partial charge >= 0.3 is 12.1 Å². The summed E-state index contributed by atoms with van der Waals surface area (Å²) in [5, 5.41) is 29.5. The molecule has 7 nitrogen and oxygen atoms in total. The van der Waals surface area contributed by atoms with Crippen LogP contribution in [0.1, 0.15) is 15.9 Å². The first-order chi connectivity index (χ1) is 10.5. The normalized spacial score (nSPS) is 9.59. The third kappa shape index (κ3) is 3.32. The van der Waals surface area contributed by atoms with Crippen molar-refractivity contribution in [3.63, 3.8) is 0 Å². The second-order valence-corrected chi connectivity index (χ2v) is 4.16. The molecule has 2 aromatic rings. The summed E-state index contributed by atoms with van der Waals surface area (Å²) in [5.74, 6) is -1.68. The number of amides is 1. The van der Waals surface area contributed by atoms with Gasteiger partial charge in [0.25, 0.3) is 0 Å². The molecule has 0 spiro atoms. The lowest BCUT2D eigenvalue weighted by atomic mass is 10.2. The van der Waals surface area contributed by atoms with Crippen molar-refractivity contribution in [2.45, 2.75) is 0 Å². The van der Waals surface area contributed by atoms with Gasteiger partial charge in [0.1, 0.15) is 11.3 Å². The molecule has 7 heteroatoms. The molecule has 2 aromatic carbocycles. The SMILES string of the molecule is N#Cc1ccc(OC(=O)Nc2cccc(C(=O)O)c2O)cc1. The molecule has 0 heterocycles.